The number of Topliss-reactive ketones (excluding diaryl/α,β-unsaturated/α-hetero) is 1. The van der Waals surface area contributed by atoms with Crippen LogP contribution in [0.2, 0.25) is 0 Å². The second kappa shape index (κ2) is 6.16. The molecule has 3 aromatic rings. The number of carbonyl (C=O) groups excluding carboxylic acids is 2. The van der Waals surface area contributed by atoms with Crippen LogP contribution in [0.25, 0.3) is 11.0 Å². The predicted molar refractivity (Wildman–Crippen MR) is 88.9 cm³/mol. The smallest absolute Gasteiger partial charge is 0.340 e. The van der Waals surface area contributed by atoms with Gasteiger partial charge in [0.25, 0.3) is 0 Å². The summed E-state index contributed by atoms with van der Waals surface area (Å²) in [6.45, 7) is 0.0326. The minimum absolute atomic E-state index is 0.0326. The number of fused-ring (bicyclic) bond motifs is 1. The number of esters is 1. The number of ether oxygens (including phenoxy) is 1. The van der Waals surface area contributed by atoms with Crippen molar-refractivity contribution in [3.8, 4) is 0 Å². The normalized spacial score (nSPS) is 10.8. The number of para-hydroxylation sites is 1. The Hall–Kier alpha value is -3.15. The third-order valence-corrected chi connectivity index (χ3v) is 4.02. The van der Waals surface area contributed by atoms with E-state index < -0.39 is 5.97 Å². The van der Waals surface area contributed by atoms with Gasteiger partial charge in [-0.15, -0.1) is 0 Å². The number of carbonyl (C=O) groups is 2. The third kappa shape index (κ3) is 2.52. The van der Waals surface area contributed by atoms with Crippen LogP contribution in [0, 0.1) is 5.41 Å². The Bertz CT molecular complexity index is 984. The molecule has 0 aliphatic carbocycles. The Morgan fingerprint density at radius 3 is 2.46 bits per heavy atom. The SMILES string of the molecule is COC(=O)c1cccc2c1n(C)c(=N)n2CC(=O)c1ccccc1. The van der Waals surface area contributed by atoms with E-state index in [0.717, 1.165) is 0 Å². The highest BCUT2D eigenvalue weighted by molar-refractivity contribution is 6.03. The summed E-state index contributed by atoms with van der Waals surface area (Å²) in [5.74, 6) is -0.562. The van der Waals surface area contributed by atoms with Crippen LogP contribution >= 0.6 is 0 Å². The van der Waals surface area contributed by atoms with Crippen molar-refractivity contribution >= 4 is 22.8 Å². The zero-order valence-electron chi connectivity index (χ0n) is 13.4. The van der Waals surface area contributed by atoms with E-state index in [-0.39, 0.29) is 17.9 Å². The number of methoxy groups -OCH3 is 1. The zero-order chi connectivity index (χ0) is 17.3. The van der Waals surface area contributed by atoms with Crippen molar-refractivity contribution in [2.75, 3.05) is 7.11 Å². The number of rotatable bonds is 4. The van der Waals surface area contributed by atoms with Crippen molar-refractivity contribution < 1.29 is 14.3 Å². The Morgan fingerprint density at radius 1 is 1.08 bits per heavy atom. The molecule has 0 fully saturated rings. The molecule has 0 saturated carbocycles. The van der Waals surface area contributed by atoms with Gasteiger partial charge in [0.15, 0.2) is 5.78 Å². The number of hydrogen-bond acceptors (Lipinski definition) is 4. The number of aryl methyl sites for hydroxylation is 1. The standard InChI is InChI=1S/C18H17N3O3/c1-20-16-13(17(23)24-2)9-6-10-14(16)21(18(20)19)11-15(22)12-7-4-3-5-8-12/h3-10,19H,11H2,1-2H3. The molecule has 6 heteroatoms. The molecule has 0 saturated heterocycles. The fraction of sp³-hybridized carbons (Fsp3) is 0.167. The highest BCUT2D eigenvalue weighted by Crippen LogP contribution is 2.19. The molecule has 1 aromatic heterocycles. The lowest BCUT2D eigenvalue weighted by atomic mass is 10.1. The van der Waals surface area contributed by atoms with Gasteiger partial charge in [0, 0.05) is 12.6 Å². The number of aromatic nitrogens is 2. The van der Waals surface area contributed by atoms with E-state index in [0.29, 0.717) is 22.2 Å². The first kappa shape index (κ1) is 15.7. The van der Waals surface area contributed by atoms with Gasteiger partial charge < -0.3 is 13.9 Å². The van der Waals surface area contributed by atoms with E-state index in [1.165, 1.54) is 7.11 Å². The summed E-state index contributed by atoms with van der Waals surface area (Å²) < 4.78 is 7.99. The van der Waals surface area contributed by atoms with Gasteiger partial charge in [-0.05, 0) is 12.1 Å². The fourth-order valence-corrected chi connectivity index (χ4v) is 2.80. The number of benzene rings is 2. The van der Waals surface area contributed by atoms with Crippen molar-refractivity contribution in [1.82, 2.24) is 9.13 Å². The van der Waals surface area contributed by atoms with Crippen LogP contribution in [0.1, 0.15) is 20.7 Å². The van der Waals surface area contributed by atoms with Crippen molar-refractivity contribution in [1.29, 1.82) is 5.41 Å². The molecule has 2 aromatic carbocycles. The maximum Gasteiger partial charge on any atom is 0.340 e. The summed E-state index contributed by atoms with van der Waals surface area (Å²) in [4.78, 5) is 24.5. The summed E-state index contributed by atoms with van der Waals surface area (Å²) in [6.07, 6.45) is 0. The molecule has 1 heterocycles. The number of nitrogens with one attached hydrogen (secondary N) is 1. The topological polar surface area (TPSA) is 77.1 Å². The van der Waals surface area contributed by atoms with Crippen LogP contribution in [-0.2, 0) is 18.3 Å². The first-order chi connectivity index (χ1) is 11.5. The third-order valence-electron chi connectivity index (χ3n) is 4.02. The Kier molecular flexibility index (Phi) is 4.04. The van der Waals surface area contributed by atoms with E-state index in [1.54, 1.807) is 58.6 Å². The lowest BCUT2D eigenvalue weighted by Gasteiger charge is -2.05. The highest BCUT2D eigenvalue weighted by Gasteiger charge is 2.18. The van der Waals surface area contributed by atoms with E-state index in [2.05, 4.69) is 0 Å². The Morgan fingerprint density at radius 2 is 1.79 bits per heavy atom. The summed E-state index contributed by atoms with van der Waals surface area (Å²) in [5.41, 5.74) is 2.33. The van der Waals surface area contributed by atoms with Crippen LogP contribution in [0.15, 0.2) is 48.5 Å². The molecule has 0 spiro atoms. The van der Waals surface area contributed by atoms with Gasteiger partial charge in [-0.25, -0.2) is 4.79 Å². The molecule has 0 radical (unpaired) electrons. The monoisotopic (exact) mass is 323 g/mol. The molecule has 0 unspecified atom stereocenters. The molecular weight excluding hydrogens is 306 g/mol. The molecule has 0 atom stereocenters. The summed E-state index contributed by atoms with van der Waals surface area (Å²) in [6, 6.07) is 14.1. The first-order valence-corrected chi connectivity index (χ1v) is 7.44. The maximum absolute atomic E-state index is 12.5. The molecular formula is C18H17N3O3. The van der Waals surface area contributed by atoms with Gasteiger partial charge in [0.05, 0.1) is 30.3 Å². The molecule has 122 valence electrons. The van der Waals surface area contributed by atoms with Crippen molar-refractivity contribution in [2.24, 2.45) is 7.05 Å². The second-order valence-electron chi connectivity index (χ2n) is 5.42. The van der Waals surface area contributed by atoms with E-state index >= 15 is 0 Å². The number of hydrogen-bond donors (Lipinski definition) is 1. The van der Waals surface area contributed by atoms with Crippen LogP contribution in [0.3, 0.4) is 0 Å². The van der Waals surface area contributed by atoms with Gasteiger partial charge in [-0.2, -0.15) is 0 Å². The summed E-state index contributed by atoms with van der Waals surface area (Å²) in [7, 11) is 3.01. The number of ketones is 1. The molecule has 6 nitrogen and oxygen atoms in total. The minimum atomic E-state index is -0.470. The fourth-order valence-electron chi connectivity index (χ4n) is 2.80. The summed E-state index contributed by atoms with van der Waals surface area (Å²) in [5, 5.41) is 8.30. The van der Waals surface area contributed by atoms with Crippen LogP contribution < -0.4 is 5.62 Å². The Balaban J connectivity index is 2.13. The molecule has 0 aliphatic heterocycles. The second-order valence-corrected chi connectivity index (χ2v) is 5.42. The lowest BCUT2D eigenvalue weighted by Crippen LogP contribution is -2.26. The molecule has 1 N–H and O–H groups in total. The van der Waals surface area contributed by atoms with Gasteiger partial charge in [-0.3, -0.25) is 10.2 Å². The first-order valence-electron chi connectivity index (χ1n) is 7.44. The van der Waals surface area contributed by atoms with E-state index in [4.69, 9.17) is 10.1 Å². The molecule has 0 aliphatic rings. The average molecular weight is 323 g/mol. The minimum Gasteiger partial charge on any atom is -0.465 e. The maximum atomic E-state index is 12.5. The van der Waals surface area contributed by atoms with Crippen LogP contribution in [0.5, 0.6) is 0 Å². The average Bonchev–Trinajstić information content (AvgIpc) is 2.86. The lowest BCUT2D eigenvalue weighted by molar-refractivity contribution is 0.0602. The highest BCUT2D eigenvalue weighted by atomic mass is 16.5. The van der Waals surface area contributed by atoms with Crippen molar-refractivity contribution in [3.05, 3.63) is 65.3 Å². The van der Waals surface area contributed by atoms with E-state index in [9.17, 15) is 9.59 Å². The zero-order valence-corrected chi connectivity index (χ0v) is 13.4. The number of nitrogens with zero attached hydrogens (tertiary/aromatic N) is 2. The van der Waals surface area contributed by atoms with Crippen molar-refractivity contribution in [2.45, 2.75) is 6.54 Å². The number of imidazole rings is 1. The molecule has 3 rings (SSSR count). The van der Waals surface area contributed by atoms with Crippen LogP contribution in [0.4, 0.5) is 0 Å². The molecule has 24 heavy (non-hydrogen) atoms. The molecule has 0 amide bonds. The van der Waals surface area contributed by atoms with Crippen molar-refractivity contribution in [3.63, 3.8) is 0 Å². The van der Waals surface area contributed by atoms with Gasteiger partial charge in [0.1, 0.15) is 0 Å². The van der Waals surface area contributed by atoms with Gasteiger partial charge in [-0.1, -0.05) is 36.4 Å². The molecule has 0 bridgehead atoms. The van der Waals surface area contributed by atoms with Crippen LogP contribution in [-0.4, -0.2) is 28.0 Å². The Labute approximate surface area is 138 Å². The van der Waals surface area contributed by atoms with E-state index in [1.807, 2.05) is 6.07 Å². The van der Waals surface area contributed by atoms with Gasteiger partial charge >= 0.3 is 5.97 Å². The summed E-state index contributed by atoms with van der Waals surface area (Å²) >= 11 is 0. The van der Waals surface area contributed by atoms with Gasteiger partial charge in [0.2, 0.25) is 5.62 Å². The largest absolute Gasteiger partial charge is 0.465 e. The quantitative estimate of drug-likeness (QED) is 0.590. The predicted octanol–water partition coefficient (Wildman–Crippen LogP) is 2.13.